The quantitative estimate of drug-likeness (QED) is 0.794. The zero-order valence-electron chi connectivity index (χ0n) is 8.08. The predicted molar refractivity (Wildman–Crippen MR) is 58.5 cm³/mol. The highest BCUT2D eigenvalue weighted by Gasteiger charge is 2.07. The molecule has 0 aliphatic carbocycles. The Kier molecular flexibility index (Phi) is 2.60. The van der Waals surface area contributed by atoms with E-state index in [2.05, 4.69) is 9.97 Å². The van der Waals surface area contributed by atoms with Gasteiger partial charge < -0.3 is 4.74 Å². The van der Waals surface area contributed by atoms with Gasteiger partial charge in [0.05, 0.1) is 12.0 Å². The summed E-state index contributed by atoms with van der Waals surface area (Å²) in [5.41, 5.74) is 0.236. The number of para-hydroxylation sites is 1. The molecule has 0 atom stereocenters. The van der Waals surface area contributed by atoms with Gasteiger partial charge in [-0.05, 0) is 30.7 Å². The fraction of sp³-hybridized carbons (Fsp3) is 0.200. The standard InChI is InChI=1S/C10H9ClN2O2/c1-2-15-7-5-3-4-6-8(7)12-10(11)13-9(6)14/h3-5H,2H2,1H3,(H,12,13,14). The van der Waals surface area contributed by atoms with Gasteiger partial charge in [0.25, 0.3) is 5.56 Å². The number of hydrogen-bond acceptors (Lipinski definition) is 3. The first-order valence-corrected chi connectivity index (χ1v) is 4.91. The van der Waals surface area contributed by atoms with Crippen molar-refractivity contribution in [1.29, 1.82) is 0 Å². The molecule has 0 radical (unpaired) electrons. The van der Waals surface area contributed by atoms with E-state index in [4.69, 9.17) is 16.3 Å². The van der Waals surface area contributed by atoms with Crippen LogP contribution >= 0.6 is 11.6 Å². The first-order valence-electron chi connectivity index (χ1n) is 4.53. The molecule has 0 aliphatic heterocycles. The van der Waals surface area contributed by atoms with Crippen LogP contribution in [0.1, 0.15) is 6.92 Å². The van der Waals surface area contributed by atoms with Gasteiger partial charge in [0, 0.05) is 0 Å². The molecule has 2 rings (SSSR count). The van der Waals surface area contributed by atoms with Gasteiger partial charge >= 0.3 is 0 Å². The number of rotatable bonds is 2. The third kappa shape index (κ3) is 1.80. The maximum absolute atomic E-state index is 11.5. The van der Waals surface area contributed by atoms with E-state index >= 15 is 0 Å². The van der Waals surface area contributed by atoms with Crippen LogP contribution in [0.3, 0.4) is 0 Å². The number of ether oxygens (including phenoxy) is 1. The molecule has 0 bridgehead atoms. The highest BCUT2D eigenvalue weighted by atomic mass is 35.5. The summed E-state index contributed by atoms with van der Waals surface area (Å²) in [5, 5.41) is 0.546. The van der Waals surface area contributed by atoms with Crippen molar-refractivity contribution in [2.75, 3.05) is 6.61 Å². The number of fused-ring (bicyclic) bond motifs is 1. The van der Waals surface area contributed by atoms with E-state index in [0.717, 1.165) is 0 Å². The molecule has 2 aromatic rings. The number of nitrogens with one attached hydrogen (secondary N) is 1. The zero-order valence-corrected chi connectivity index (χ0v) is 8.84. The van der Waals surface area contributed by atoms with Crippen molar-refractivity contribution in [2.24, 2.45) is 0 Å². The molecule has 0 fully saturated rings. The Morgan fingerprint density at radius 1 is 1.53 bits per heavy atom. The van der Waals surface area contributed by atoms with E-state index in [1.807, 2.05) is 6.92 Å². The minimum absolute atomic E-state index is 0.0691. The van der Waals surface area contributed by atoms with Crippen molar-refractivity contribution in [3.63, 3.8) is 0 Å². The third-order valence-corrected chi connectivity index (χ3v) is 2.15. The first kappa shape index (κ1) is 9.98. The average Bonchev–Trinajstić information content (AvgIpc) is 2.19. The molecule has 0 amide bonds. The Morgan fingerprint density at radius 2 is 2.33 bits per heavy atom. The van der Waals surface area contributed by atoms with Gasteiger partial charge in [-0.3, -0.25) is 9.78 Å². The summed E-state index contributed by atoms with van der Waals surface area (Å²) in [7, 11) is 0. The molecule has 1 heterocycles. The maximum Gasteiger partial charge on any atom is 0.259 e. The van der Waals surface area contributed by atoms with Crippen LogP contribution in [-0.4, -0.2) is 16.6 Å². The van der Waals surface area contributed by atoms with Crippen molar-refractivity contribution in [3.8, 4) is 5.75 Å². The lowest BCUT2D eigenvalue weighted by atomic mass is 10.2. The molecule has 1 aromatic carbocycles. The number of aromatic amines is 1. The van der Waals surface area contributed by atoms with Gasteiger partial charge in [-0.1, -0.05) is 6.07 Å². The highest BCUT2D eigenvalue weighted by molar-refractivity contribution is 6.28. The lowest BCUT2D eigenvalue weighted by molar-refractivity contribution is 0.343. The summed E-state index contributed by atoms with van der Waals surface area (Å²) >= 11 is 5.67. The molecular weight excluding hydrogens is 216 g/mol. The van der Waals surface area contributed by atoms with Crippen molar-refractivity contribution in [2.45, 2.75) is 6.92 Å². The van der Waals surface area contributed by atoms with Crippen LogP contribution in [0.5, 0.6) is 5.75 Å². The molecule has 0 saturated heterocycles. The van der Waals surface area contributed by atoms with Crippen molar-refractivity contribution in [3.05, 3.63) is 33.8 Å². The molecule has 0 unspecified atom stereocenters. The second-order valence-corrected chi connectivity index (χ2v) is 3.30. The maximum atomic E-state index is 11.5. The Balaban J connectivity index is 2.79. The fourth-order valence-electron chi connectivity index (χ4n) is 1.38. The summed E-state index contributed by atoms with van der Waals surface area (Å²) in [6.45, 7) is 2.39. The Labute approximate surface area is 90.9 Å². The van der Waals surface area contributed by atoms with E-state index < -0.39 is 0 Å². The minimum atomic E-state index is -0.258. The van der Waals surface area contributed by atoms with E-state index in [-0.39, 0.29) is 10.8 Å². The summed E-state index contributed by atoms with van der Waals surface area (Å²) in [4.78, 5) is 18.0. The molecule has 0 saturated carbocycles. The average molecular weight is 225 g/mol. The van der Waals surface area contributed by atoms with Crippen molar-refractivity contribution in [1.82, 2.24) is 9.97 Å². The van der Waals surface area contributed by atoms with Gasteiger partial charge in [0.2, 0.25) is 5.28 Å². The lowest BCUT2D eigenvalue weighted by Gasteiger charge is -2.05. The second-order valence-electron chi connectivity index (χ2n) is 2.94. The summed E-state index contributed by atoms with van der Waals surface area (Å²) in [6.07, 6.45) is 0. The number of benzene rings is 1. The van der Waals surface area contributed by atoms with Crippen molar-refractivity contribution < 1.29 is 4.74 Å². The fourth-order valence-corrected chi connectivity index (χ4v) is 1.55. The minimum Gasteiger partial charge on any atom is -0.492 e. The van der Waals surface area contributed by atoms with Crippen LogP contribution in [0.15, 0.2) is 23.0 Å². The van der Waals surface area contributed by atoms with Crippen LogP contribution in [0.25, 0.3) is 10.9 Å². The molecule has 4 nitrogen and oxygen atoms in total. The Hall–Kier alpha value is -1.55. The molecule has 0 aliphatic rings. The van der Waals surface area contributed by atoms with Crippen molar-refractivity contribution >= 4 is 22.5 Å². The van der Waals surface area contributed by atoms with Crippen LogP contribution < -0.4 is 10.3 Å². The number of aromatic nitrogens is 2. The normalized spacial score (nSPS) is 10.5. The zero-order chi connectivity index (χ0) is 10.8. The highest BCUT2D eigenvalue weighted by Crippen LogP contribution is 2.21. The number of hydrogen-bond donors (Lipinski definition) is 1. The molecule has 78 valence electrons. The number of H-pyrrole nitrogens is 1. The monoisotopic (exact) mass is 224 g/mol. The molecule has 5 heteroatoms. The smallest absolute Gasteiger partial charge is 0.259 e. The topological polar surface area (TPSA) is 55.0 Å². The molecule has 1 aromatic heterocycles. The predicted octanol–water partition coefficient (Wildman–Crippen LogP) is 1.98. The lowest BCUT2D eigenvalue weighted by Crippen LogP contribution is -2.08. The summed E-state index contributed by atoms with van der Waals surface area (Å²) in [5.74, 6) is 0.572. The third-order valence-electron chi connectivity index (χ3n) is 1.97. The number of halogens is 1. The van der Waals surface area contributed by atoms with E-state index in [1.54, 1.807) is 18.2 Å². The van der Waals surface area contributed by atoms with Gasteiger partial charge in [-0.2, -0.15) is 0 Å². The van der Waals surface area contributed by atoms with Gasteiger partial charge in [-0.25, -0.2) is 4.98 Å². The van der Waals surface area contributed by atoms with Gasteiger partial charge in [-0.15, -0.1) is 0 Å². The second kappa shape index (κ2) is 3.90. The van der Waals surface area contributed by atoms with Crippen LogP contribution in [0.2, 0.25) is 5.28 Å². The SMILES string of the molecule is CCOc1cccc2c(=O)[nH]c(Cl)nc12. The molecule has 0 spiro atoms. The van der Waals surface area contributed by atoms with E-state index in [1.165, 1.54) is 0 Å². The molecular formula is C10H9ClN2O2. The summed E-state index contributed by atoms with van der Waals surface area (Å²) < 4.78 is 5.36. The van der Waals surface area contributed by atoms with Crippen LogP contribution in [-0.2, 0) is 0 Å². The first-order chi connectivity index (χ1) is 7.22. The Bertz CT molecular complexity index is 551. The van der Waals surface area contributed by atoms with Crippen LogP contribution in [0.4, 0.5) is 0 Å². The molecule has 15 heavy (non-hydrogen) atoms. The molecule has 1 N–H and O–H groups in total. The Morgan fingerprint density at radius 3 is 3.07 bits per heavy atom. The van der Waals surface area contributed by atoms with E-state index in [0.29, 0.717) is 23.3 Å². The number of nitrogens with zero attached hydrogens (tertiary/aromatic N) is 1. The largest absolute Gasteiger partial charge is 0.492 e. The summed E-state index contributed by atoms with van der Waals surface area (Å²) in [6, 6.07) is 5.19. The van der Waals surface area contributed by atoms with Crippen LogP contribution in [0, 0.1) is 0 Å². The van der Waals surface area contributed by atoms with Gasteiger partial charge in [0.1, 0.15) is 11.3 Å². The van der Waals surface area contributed by atoms with Gasteiger partial charge in [0.15, 0.2) is 0 Å². The van der Waals surface area contributed by atoms with E-state index in [9.17, 15) is 4.79 Å².